The number of nitro groups is 1. The van der Waals surface area contributed by atoms with E-state index >= 15 is 0 Å². The standard InChI is InChI=1S/C14H11ClN6O4S/c1-9-16-18-19-20(9)11-4-2-3-10(7-11)17-26(24,25)12-5-6-13(15)14(8-12)21(22)23/h2-8,17H,1H3. The number of aryl methyl sites for hydroxylation is 1. The summed E-state index contributed by atoms with van der Waals surface area (Å²) < 4.78 is 28.9. The number of anilines is 1. The molecule has 1 N–H and O–H groups in total. The molecule has 0 unspecified atom stereocenters. The van der Waals surface area contributed by atoms with Crippen molar-refractivity contribution in [1.82, 2.24) is 20.2 Å². The highest BCUT2D eigenvalue weighted by molar-refractivity contribution is 7.92. The highest BCUT2D eigenvalue weighted by Gasteiger charge is 2.21. The van der Waals surface area contributed by atoms with Gasteiger partial charge in [-0.2, -0.15) is 4.68 Å². The summed E-state index contributed by atoms with van der Waals surface area (Å²) in [4.78, 5) is 9.92. The van der Waals surface area contributed by atoms with Gasteiger partial charge in [-0.3, -0.25) is 14.8 Å². The minimum atomic E-state index is -4.06. The van der Waals surface area contributed by atoms with Crippen LogP contribution in [0.5, 0.6) is 0 Å². The molecule has 0 radical (unpaired) electrons. The fraction of sp³-hybridized carbons (Fsp3) is 0.0714. The van der Waals surface area contributed by atoms with E-state index in [-0.39, 0.29) is 15.6 Å². The minimum absolute atomic E-state index is 0.148. The molecular formula is C14H11ClN6O4S. The van der Waals surface area contributed by atoms with Gasteiger partial charge in [0, 0.05) is 6.07 Å². The molecule has 0 aliphatic heterocycles. The molecule has 0 fully saturated rings. The lowest BCUT2D eigenvalue weighted by atomic mass is 10.3. The lowest BCUT2D eigenvalue weighted by Crippen LogP contribution is -2.13. The largest absolute Gasteiger partial charge is 0.289 e. The summed E-state index contributed by atoms with van der Waals surface area (Å²) in [5, 5.41) is 21.9. The Morgan fingerprint density at radius 3 is 2.65 bits per heavy atom. The summed E-state index contributed by atoms with van der Waals surface area (Å²) in [5.74, 6) is 0.526. The Morgan fingerprint density at radius 2 is 2.00 bits per heavy atom. The number of benzene rings is 2. The van der Waals surface area contributed by atoms with Gasteiger partial charge in [0.15, 0.2) is 5.82 Å². The summed E-state index contributed by atoms with van der Waals surface area (Å²) in [7, 11) is -4.06. The third-order valence-electron chi connectivity index (χ3n) is 3.39. The first kappa shape index (κ1) is 17.8. The molecule has 0 bridgehead atoms. The molecule has 0 aliphatic rings. The van der Waals surface area contributed by atoms with Gasteiger partial charge in [-0.25, -0.2) is 8.42 Å². The first-order valence-electron chi connectivity index (χ1n) is 7.10. The quantitative estimate of drug-likeness (QED) is 0.518. The van der Waals surface area contributed by atoms with E-state index in [4.69, 9.17) is 11.6 Å². The maximum Gasteiger partial charge on any atom is 0.289 e. The molecule has 0 saturated heterocycles. The van der Waals surface area contributed by atoms with Gasteiger partial charge < -0.3 is 0 Å². The topological polar surface area (TPSA) is 133 Å². The Labute approximate surface area is 152 Å². The number of hydrogen-bond acceptors (Lipinski definition) is 7. The number of hydrogen-bond donors (Lipinski definition) is 1. The molecule has 0 aliphatic carbocycles. The highest BCUT2D eigenvalue weighted by Crippen LogP contribution is 2.28. The zero-order valence-corrected chi connectivity index (χ0v) is 14.8. The van der Waals surface area contributed by atoms with Gasteiger partial charge in [0.25, 0.3) is 15.7 Å². The average Bonchev–Trinajstić information content (AvgIpc) is 3.00. The maximum absolute atomic E-state index is 12.5. The van der Waals surface area contributed by atoms with Crippen LogP contribution in [0.3, 0.4) is 0 Å². The van der Waals surface area contributed by atoms with Crippen LogP contribution in [0.4, 0.5) is 11.4 Å². The fourth-order valence-corrected chi connectivity index (χ4v) is 3.44. The van der Waals surface area contributed by atoms with Crippen molar-refractivity contribution in [2.24, 2.45) is 0 Å². The van der Waals surface area contributed by atoms with Crippen molar-refractivity contribution < 1.29 is 13.3 Å². The van der Waals surface area contributed by atoms with E-state index in [2.05, 4.69) is 20.2 Å². The van der Waals surface area contributed by atoms with Crippen LogP contribution in [0.15, 0.2) is 47.4 Å². The molecule has 26 heavy (non-hydrogen) atoms. The Balaban J connectivity index is 1.95. The Kier molecular flexibility index (Phi) is 4.57. The van der Waals surface area contributed by atoms with Gasteiger partial charge in [0.05, 0.1) is 21.2 Å². The van der Waals surface area contributed by atoms with Crippen LogP contribution in [0.2, 0.25) is 5.02 Å². The number of sulfonamides is 1. The number of tetrazole rings is 1. The average molecular weight is 395 g/mol. The number of aromatic nitrogens is 4. The predicted molar refractivity (Wildman–Crippen MR) is 92.8 cm³/mol. The molecule has 1 heterocycles. The maximum atomic E-state index is 12.5. The third-order valence-corrected chi connectivity index (χ3v) is 5.09. The second-order valence-corrected chi connectivity index (χ2v) is 7.25. The predicted octanol–water partition coefficient (Wildman–Crippen LogP) is 2.33. The van der Waals surface area contributed by atoms with Crippen LogP contribution < -0.4 is 4.72 Å². The van der Waals surface area contributed by atoms with E-state index in [1.165, 1.54) is 22.9 Å². The van der Waals surface area contributed by atoms with Crippen LogP contribution in [-0.2, 0) is 10.0 Å². The smallest absolute Gasteiger partial charge is 0.280 e. The SMILES string of the molecule is Cc1nnnn1-c1cccc(NS(=O)(=O)c2ccc(Cl)c([N+](=O)[O-])c2)c1. The molecule has 1 aromatic heterocycles. The van der Waals surface area contributed by atoms with E-state index in [9.17, 15) is 18.5 Å². The molecule has 0 amide bonds. The van der Waals surface area contributed by atoms with Gasteiger partial charge in [-0.05, 0) is 47.7 Å². The second kappa shape index (κ2) is 6.69. The molecule has 10 nitrogen and oxygen atoms in total. The van der Waals surface area contributed by atoms with Crippen molar-refractivity contribution in [3.63, 3.8) is 0 Å². The summed E-state index contributed by atoms with van der Waals surface area (Å²) in [6, 6.07) is 9.64. The van der Waals surface area contributed by atoms with Crippen LogP contribution in [0.1, 0.15) is 5.82 Å². The summed E-state index contributed by atoms with van der Waals surface area (Å²) in [6.45, 7) is 1.70. The number of nitrogens with one attached hydrogen (secondary N) is 1. The van der Waals surface area contributed by atoms with Crippen molar-refractivity contribution in [2.75, 3.05) is 4.72 Å². The normalized spacial score (nSPS) is 11.3. The Morgan fingerprint density at radius 1 is 1.23 bits per heavy atom. The fourth-order valence-electron chi connectivity index (χ4n) is 2.19. The highest BCUT2D eigenvalue weighted by atomic mass is 35.5. The lowest BCUT2D eigenvalue weighted by molar-refractivity contribution is -0.384. The summed E-state index contributed by atoms with van der Waals surface area (Å²) in [5.41, 5.74) is 0.303. The van der Waals surface area contributed by atoms with Gasteiger partial charge in [-0.1, -0.05) is 17.7 Å². The molecule has 3 rings (SSSR count). The first-order valence-corrected chi connectivity index (χ1v) is 8.96. The Bertz CT molecular complexity index is 1100. The van der Waals surface area contributed by atoms with Gasteiger partial charge in [0.1, 0.15) is 5.02 Å². The van der Waals surface area contributed by atoms with E-state index in [1.807, 2.05) is 0 Å². The van der Waals surface area contributed by atoms with Crippen LogP contribution in [-0.4, -0.2) is 33.5 Å². The monoisotopic (exact) mass is 394 g/mol. The molecule has 0 spiro atoms. The number of nitrogens with zero attached hydrogens (tertiary/aromatic N) is 5. The van der Waals surface area contributed by atoms with E-state index in [1.54, 1.807) is 19.1 Å². The van der Waals surface area contributed by atoms with Gasteiger partial charge >= 0.3 is 0 Å². The molecule has 134 valence electrons. The molecule has 0 saturated carbocycles. The van der Waals surface area contributed by atoms with E-state index in [0.717, 1.165) is 12.1 Å². The minimum Gasteiger partial charge on any atom is -0.280 e. The second-order valence-electron chi connectivity index (χ2n) is 5.16. The number of halogens is 1. The van der Waals surface area contributed by atoms with Crippen LogP contribution >= 0.6 is 11.6 Å². The molecular weight excluding hydrogens is 384 g/mol. The van der Waals surface area contributed by atoms with Gasteiger partial charge in [-0.15, -0.1) is 5.10 Å². The van der Waals surface area contributed by atoms with Crippen molar-refractivity contribution in [3.05, 3.63) is 63.4 Å². The van der Waals surface area contributed by atoms with E-state index in [0.29, 0.717) is 11.5 Å². The van der Waals surface area contributed by atoms with E-state index < -0.39 is 20.6 Å². The molecule has 12 heteroatoms. The van der Waals surface area contributed by atoms with Crippen molar-refractivity contribution >= 4 is 33.0 Å². The number of rotatable bonds is 5. The lowest BCUT2D eigenvalue weighted by Gasteiger charge is -2.10. The zero-order chi connectivity index (χ0) is 18.9. The molecule has 3 aromatic rings. The molecule has 0 atom stereocenters. The van der Waals surface area contributed by atoms with Crippen molar-refractivity contribution in [3.8, 4) is 5.69 Å². The number of nitro benzene ring substituents is 1. The van der Waals surface area contributed by atoms with Crippen LogP contribution in [0.25, 0.3) is 5.69 Å². The molecule has 2 aromatic carbocycles. The van der Waals surface area contributed by atoms with Gasteiger partial charge in [0.2, 0.25) is 0 Å². The summed E-state index contributed by atoms with van der Waals surface area (Å²) in [6.07, 6.45) is 0. The third kappa shape index (κ3) is 3.48. The van der Waals surface area contributed by atoms with Crippen molar-refractivity contribution in [1.29, 1.82) is 0 Å². The Hall–Kier alpha value is -3.05. The van der Waals surface area contributed by atoms with Crippen molar-refractivity contribution in [2.45, 2.75) is 11.8 Å². The zero-order valence-electron chi connectivity index (χ0n) is 13.2. The van der Waals surface area contributed by atoms with Crippen LogP contribution in [0, 0.1) is 17.0 Å². The first-order chi connectivity index (χ1) is 12.3. The summed E-state index contributed by atoms with van der Waals surface area (Å²) >= 11 is 5.72.